The molecule has 2 aliphatic heterocycles. The van der Waals surface area contributed by atoms with Crippen LogP contribution in [0.1, 0.15) is 9.75 Å². The van der Waals surface area contributed by atoms with Crippen LogP contribution in [0.25, 0.3) is 9.75 Å². The molecule has 0 bridgehead atoms. The Labute approximate surface area is 129 Å². The first-order valence-corrected chi connectivity index (χ1v) is 9.16. The summed E-state index contributed by atoms with van der Waals surface area (Å²) in [6, 6.07) is 0. The number of rotatable bonds is 1. The van der Waals surface area contributed by atoms with Crippen LogP contribution < -0.4 is 14.2 Å². The van der Waals surface area contributed by atoms with Gasteiger partial charge in [0.1, 0.15) is 13.2 Å². The van der Waals surface area contributed by atoms with Crippen LogP contribution >= 0.6 is 34.4 Å². The lowest BCUT2D eigenvalue weighted by Gasteiger charge is -2.18. The van der Waals surface area contributed by atoms with Gasteiger partial charge in [-0.3, -0.25) is 0 Å². The maximum atomic E-state index is 5.93. The molecule has 0 aliphatic carbocycles. The molecule has 0 N–H and O–H groups in total. The highest BCUT2D eigenvalue weighted by Gasteiger charge is 2.29. The van der Waals surface area contributed by atoms with Gasteiger partial charge in [0.25, 0.3) is 0 Å². The van der Waals surface area contributed by atoms with Crippen molar-refractivity contribution in [2.45, 2.75) is 18.7 Å². The predicted octanol–water partition coefficient (Wildman–Crippen LogP) is 4.35. The van der Waals surface area contributed by atoms with Gasteiger partial charge in [0.2, 0.25) is 0 Å². The van der Waals surface area contributed by atoms with Crippen LogP contribution in [0.15, 0.2) is 4.90 Å². The summed E-state index contributed by atoms with van der Waals surface area (Å²) in [6.45, 7) is 6.30. The second kappa shape index (κ2) is 4.86. The number of thioether (sulfide) groups is 1. The second-order valence-corrected chi connectivity index (χ2v) is 8.24. The fourth-order valence-corrected chi connectivity index (χ4v) is 5.88. The molecule has 0 amide bonds. The topological polar surface area (TPSA) is 27.7 Å². The van der Waals surface area contributed by atoms with Crippen LogP contribution in [0.4, 0.5) is 0 Å². The maximum Gasteiger partial charge on any atom is 0.181 e. The molecular formula is C14H14O3S3. The summed E-state index contributed by atoms with van der Waals surface area (Å²) in [5, 5.41) is 0. The highest BCUT2D eigenvalue weighted by molar-refractivity contribution is 7.99. The van der Waals surface area contributed by atoms with Crippen LogP contribution in [0.3, 0.4) is 0 Å². The molecule has 0 spiro atoms. The third-order valence-electron chi connectivity index (χ3n) is 3.33. The molecule has 0 radical (unpaired) electrons. The van der Waals surface area contributed by atoms with Crippen molar-refractivity contribution < 1.29 is 14.2 Å². The summed E-state index contributed by atoms with van der Waals surface area (Å²) in [6.07, 6.45) is 0. The monoisotopic (exact) mass is 326 g/mol. The van der Waals surface area contributed by atoms with Crippen molar-refractivity contribution in [3.8, 4) is 27.0 Å². The zero-order valence-electron chi connectivity index (χ0n) is 11.3. The molecule has 106 valence electrons. The Morgan fingerprint density at radius 1 is 0.750 bits per heavy atom. The fourth-order valence-electron chi connectivity index (χ4n) is 2.49. The number of hydrogen-bond acceptors (Lipinski definition) is 6. The van der Waals surface area contributed by atoms with E-state index in [-0.39, 0.29) is 0 Å². The molecule has 2 aromatic heterocycles. The SMILES string of the molecule is Cc1sc(-c2sc(C)c3c2OCCS3)c2c1OCCO2. The van der Waals surface area contributed by atoms with Gasteiger partial charge in [-0.1, -0.05) is 0 Å². The van der Waals surface area contributed by atoms with E-state index in [0.717, 1.165) is 34.5 Å². The molecule has 2 aromatic rings. The van der Waals surface area contributed by atoms with Gasteiger partial charge >= 0.3 is 0 Å². The van der Waals surface area contributed by atoms with Crippen molar-refractivity contribution >= 4 is 34.4 Å². The summed E-state index contributed by atoms with van der Waals surface area (Å²) >= 11 is 5.43. The average Bonchev–Trinajstić information content (AvgIpc) is 2.99. The van der Waals surface area contributed by atoms with E-state index in [1.165, 1.54) is 19.5 Å². The molecule has 0 unspecified atom stereocenters. The molecule has 0 atom stereocenters. The van der Waals surface area contributed by atoms with Crippen molar-refractivity contribution in [3.63, 3.8) is 0 Å². The predicted molar refractivity (Wildman–Crippen MR) is 84.3 cm³/mol. The zero-order chi connectivity index (χ0) is 13.7. The molecule has 2 aliphatic rings. The van der Waals surface area contributed by atoms with Gasteiger partial charge in [0.15, 0.2) is 17.2 Å². The molecule has 4 heterocycles. The van der Waals surface area contributed by atoms with Gasteiger partial charge < -0.3 is 14.2 Å². The Morgan fingerprint density at radius 2 is 1.40 bits per heavy atom. The lowest BCUT2D eigenvalue weighted by molar-refractivity contribution is 0.173. The highest BCUT2D eigenvalue weighted by atomic mass is 32.2. The minimum Gasteiger partial charge on any atom is -0.490 e. The van der Waals surface area contributed by atoms with E-state index in [0.29, 0.717) is 13.2 Å². The lowest BCUT2D eigenvalue weighted by Crippen LogP contribution is -2.14. The minimum absolute atomic E-state index is 0.623. The van der Waals surface area contributed by atoms with E-state index < -0.39 is 0 Å². The number of ether oxygens (including phenoxy) is 3. The zero-order valence-corrected chi connectivity index (χ0v) is 13.7. The Bertz CT molecular complexity index is 613. The lowest BCUT2D eigenvalue weighted by atomic mass is 10.3. The van der Waals surface area contributed by atoms with Gasteiger partial charge in [0, 0.05) is 15.5 Å². The number of fused-ring (bicyclic) bond motifs is 2. The number of aryl methyl sites for hydroxylation is 2. The quantitative estimate of drug-likeness (QED) is 0.779. The van der Waals surface area contributed by atoms with Crippen molar-refractivity contribution in [1.82, 2.24) is 0 Å². The Morgan fingerprint density at radius 3 is 2.25 bits per heavy atom. The van der Waals surface area contributed by atoms with E-state index in [1.54, 1.807) is 22.7 Å². The highest BCUT2D eigenvalue weighted by Crippen LogP contribution is 2.56. The second-order valence-electron chi connectivity index (χ2n) is 4.69. The summed E-state index contributed by atoms with van der Waals surface area (Å²) < 4.78 is 17.5. The van der Waals surface area contributed by atoms with Crippen LogP contribution in [-0.4, -0.2) is 25.6 Å². The van der Waals surface area contributed by atoms with Gasteiger partial charge in [-0.05, 0) is 13.8 Å². The normalized spacial score (nSPS) is 16.7. The van der Waals surface area contributed by atoms with E-state index in [1.807, 2.05) is 11.8 Å². The van der Waals surface area contributed by atoms with E-state index >= 15 is 0 Å². The van der Waals surface area contributed by atoms with Crippen LogP contribution in [-0.2, 0) is 0 Å². The number of hydrogen-bond donors (Lipinski definition) is 0. The summed E-state index contributed by atoms with van der Waals surface area (Å²) in [7, 11) is 0. The molecule has 3 nitrogen and oxygen atoms in total. The third-order valence-corrected chi connectivity index (χ3v) is 6.93. The Balaban J connectivity index is 1.90. The first kappa shape index (κ1) is 12.9. The first-order chi connectivity index (χ1) is 9.75. The fraction of sp³-hybridized carbons (Fsp3) is 0.429. The van der Waals surface area contributed by atoms with Gasteiger partial charge in [-0.15, -0.1) is 34.4 Å². The molecule has 20 heavy (non-hydrogen) atoms. The largest absolute Gasteiger partial charge is 0.490 e. The molecule has 6 heteroatoms. The molecule has 0 fully saturated rings. The van der Waals surface area contributed by atoms with Crippen LogP contribution in [0.2, 0.25) is 0 Å². The van der Waals surface area contributed by atoms with Crippen LogP contribution in [0.5, 0.6) is 17.2 Å². The molecule has 0 aromatic carbocycles. The molecule has 0 saturated heterocycles. The van der Waals surface area contributed by atoms with Crippen LogP contribution in [0, 0.1) is 13.8 Å². The van der Waals surface area contributed by atoms with Gasteiger partial charge in [-0.25, -0.2) is 0 Å². The molecular weight excluding hydrogens is 312 g/mol. The summed E-state index contributed by atoms with van der Waals surface area (Å²) in [5.74, 6) is 3.90. The average molecular weight is 326 g/mol. The minimum atomic E-state index is 0.623. The van der Waals surface area contributed by atoms with E-state index in [9.17, 15) is 0 Å². The van der Waals surface area contributed by atoms with E-state index in [2.05, 4.69) is 13.8 Å². The Kier molecular flexibility index (Phi) is 3.12. The molecule has 0 saturated carbocycles. The Hall–Kier alpha value is -0.850. The summed E-state index contributed by atoms with van der Waals surface area (Å²) in [4.78, 5) is 6.17. The van der Waals surface area contributed by atoms with Crippen molar-refractivity contribution in [3.05, 3.63) is 9.75 Å². The smallest absolute Gasteiger partial charge is 0.181 e. The summed E-state index contributed by atoms with van der Waals surface area (Å²) in [5.41, 5.74) is 0. The van der Waals surface area contributed by atoms with E-state index in [4.69, 9.17) is 14.2 Å². The van der Waals surface area contributed by atoms with Crippen molar-refractivity contribution in [1.29, 1.82) is 0 Å². The standard InChI is InChI=1S/C14H14O3S3/c1-7-9-10(16-4-3-15-9)13(19-7)14-11-12(8(2)20-14)18-6-5-17-11/h3-6H2,1-2H3. The molecule has 4 rings (SSSR count). The number of thiophene rings is 2. The first-order valence-electron chi connectivity index (χ1n) is 6.54. The van der Waals surface area contributed by atoms with Crippen molar-refractivity contribution in [2.24, 2.45) is 0 Å². The van der Waals surface area contributed by atoms with Gasteiger partial charge in [-0.2, -0.15) is 0 Å². The van der Waals surface area contributed by atoms with Gasteiger partial charge in [0.05, 0.1) is 21.3 Å². The van der Waals surface area contributed by atoms with Crippen molar-refractivity contribution in [2.75, 3.05) is 25.6 Å². The third kappa shape index (κ3) is 1.85. The maximum absolute atomic E-state index is 5.93.